The Morgan fingerprint density at radius 2 is 1.79 bits per heavy atom. The number of benzene rings is 2. The molecule has 0 aromatic heterocycles. The minimum Gasteiger partial charge on any atom is -0.390 e. The zero-order valence-corrected chi connectivity index (χ0v) is 20.5. The topological polar surface area (TPSA) is 104 Å². The first-order valence-corrected chi connectivity index (χ1v) is 12.9. The molecule has 186 valence electrons. The summed E-state index contributed by atoms with van der Waals surface area (Å²) in [5.41, 5.74) is -2.05. The van der Waals surface area contributed by atoms with Crippen LogP contribution in [0, 0.1) is 17.6 Å². The summed E-state index contributed by atoms with van der Waals surface area (Å²) in [5, 5.41) is 23.1. The molecule has 10 heteroatoms. The normalized spacial score (nSPS) is 21.3. The number of aliphatic hydroxyl groups is 2. The van der Waals surface area contributed by atoms with Crippen molar-refractivity contribution in [3.05, 3.63) is 58.6 Å². The minimum absolute atomic E-state index is 0.00379. The van der Waals surface area contributed by atoms with Gasteiger partial charge in [0, 0.05) is 23.7 Å². The lowest BCUT2D eigenvalue weighted by atomic mass is 9.75. The van der Waals surface area contributed by atoms with Crippen LogP contribution in [0.2, 0.25) is 5.02 Å². The number of halogens is 3. The lowest BCUT2D eigenvalue weighted by Crippen LogP contribution is -2.41. The van der Waals surface area contributed by atoms with Crippen LogP contribution in [0.25, 0.3) is 0 Å². The molecule has 0 atom stereocenters. The Bertz CT molecular complexity index is 1170. The number of nitrogens with one attached hydrogen (secondary N) is 1. The monoisotopic (exact) mass is 515 g/mol. The van der Waals surface area contributed by atoms with Crippen molar-refractivity contribution in [2.24, 2.45) is 5.92 Å². The van der Waals surface area contributed by atoms with E-state index >= 15 is 0 Å². The molecular weight excluding hydrogens is 488 g/mol. The molecule has 1 saturated carbocycles. The van der Waals surface area contributed by atoms with Crippen molar-refractivity contribution in [2.45, 2.75) is 62.0 Å². The first kappa shape index (κ1) is 26.5. The summed E-state index contributed by atoms with van der Waals surface area (Å²) in [7, 11) is -3.86. The third-order valence-corrected chi connectivity index (χ3v) is 8.32. The number of rotatable bonds is 7. The molecule has 1 fully saturated rings. The Labute approximate surface area is 202 Å². The van der Waals surface area contributed by atoms with Crippen LogP contribution in [0.4, 0.5) is 14.5 Å². The van der Waals surface area contributed by atoms with Gasteiger partial charge >= 0.3 is 0 Å². The molecule has 0 saturated heterocycles. The second kappa shape index (κ2) is 9.89. The van der Waals surface area contributed by atoms with Crippen molar-refractivity contribution in [1.29, 1.82) is 0 Å². The van der Waals surface area contributed by atoms with Crippen LogP contribution in [0.15, 0.2) is 41.3 Å². The third-order valence-electron chi connectivity index (χ3n) is 5.96. The number of carbonyl (C=O) groups is 1. The van der Waals surface area contributed by atoms with Crippen LogP contribution < -0.4 is 5.32 Å². The highest BCUT2D eigenvalue weighted by Gasteiger charge is 2.38. The number of amides is 1. The van der Waals surface area contributed by atoms with E-state index in [1.807, 2.05) is 0 Å². The lowest BCUT2D eigenvalue weighted by Gasteiger charge is -2.39. The highest BCUT2D eigenvalue weighted by molar-refractivity contribution is 7.91. The van der Waals surface area contributed by atoms with Crippen LogP contribution in [0.1, 0.15) is 56.3 Å². The maximum atomic E-state index is 13.4. The second-order valence-electron chi connectivity index (χ2n) is 9.67. The Hall–Kier alpha value is -2.07. The Morgan fingerprint density at radius 1 is 1.15 bits per heavy atom. The van der Waals surface area contributed by atoms with Crippen molar-refractivity contribution in [1.82, 2.24) is 0 Å². The summed E-state index contributed by atoms with van der Waals surface area (Å²) in [5.74, 6) is -3.28. The zero-order valence-electron chi connectivity index (χ0n) is 18.9. The van der Waals surface area contributed by atoms with Gasteiger partial charge in [-0.15, -0.1) is 0 Å². The molecule has 34 heavy (non-hydrogen) atoms. The summed E-state index contributed by atoms with van der Waals surface area (Å²) in [6, 6.07) is 6.69. The van der Waals surface area contributed by atoms with Crippen molar-refractivity contribution in [2.75, 3.05) is 11.1 Å². The van der Waals surface area contributed by atoms with E-state index in [0.29, 0.717) is 25.7 Å². The van der Waals surface area contributed by atoms with E-state index in [9.17, 15) is 32.2 Å². The highest BCUT2D eigenvalue weighted by atomic mass is 35.5. The van der Waals surface area contributed by atoms with Crippen molar-refractivity contribution >= 4 is 33.0 Å². The molecule has 1 aliphatic carbocycles. The maximum Gasteiger partial charge on any atom is 0.255 e. The number of hydrogen-bond donors (Lipinski definition) is 3. The average Bonchev–Trinajstić information content (AvgIpc) is 2.71. The quantitative estimate of drug-likeness (QED) is 0.494. The molecule has 0 spiro atoms. The van der Waals surface area contributed by atoms with Gasteiger partial charge in [-0.05, 0) is 75.8 Å². The Balaban J connectivity index is 1.72. The average molecular weight is 516 g/mol. The summed E-state index contributed by atoms with van der Waals surface area (Å²) in [6.45, 7) is 3.25. The van der Waals surface area contributed by atoms with Crippen LogP contribution in [-0.2, 0) is 9.84 Å². The Kier molecular flexibility index (Phi) is 7.72. The van der Waals surface area contributed by atoms with Crippen LogP contribution in [0.5, 0.6) is 0 Å². The summed E-state index contributed by atoms with van der Waals surface area (Å²) in [4.78, 5) is 12.4. The first-order valence-electron chi connectivity index (χ1n) is 10.9. The number of sulfone groups is 1. The molecule has 2 aromatic rings. The molecule has 0 unspecified atom stereocenters. The van der Waals surface area contributed by atoms with E-state index in [4.69, 9.17) is 11.6 Å². The fourth-order valence-corrected chi connectivity index (χ4v) is 6.70. The van der Waals surface area contributed by atoms with Gasteiger partial charge in [0.1, 0.15) is 0 Å². The van der Waals surface area contributed by atoms with Crippen molar-refractivity contribution < 1.29 is 32.2 Å². The predicted octanol–water partition coefficient (Wildman–Crippen LogP) is 4.73. The van der Waals surface area contributed by atoms with Gasteiger partial charge in [0.15, 0.2) is 21.5 Å². The van der Waals surface area contributed by atoms with E-state index in [0.717, 1.165) is 12.1 Å². The van der Waals surface area contributed by atoms with Crippen LogP contribution in [0.3, 0.4) is 0 Å². The molecule has 3 rings (SSSR count). The van der Waals surface area contributed by atoms with Gasteiger partial charge in [0.2, 0.25) is 0 Å². The fourth-order valence-electron chi connectivity index (χ4n) is 4.42. The minimum atomic E-state index is -3.86. The van der Waals surface area contributed by atoms with Crippen LogP contribution in [-0.4, -0.2) is 41.5 Å². The largest absolute Gasteiger partial charge is 0.390 e. The van der Waals surface area contributed by atoms with E-state index in [1.54, 1.807) is 13.8 Å². The van der Waals surface area contributed by atoms with Gasteiger partial charge in [-0.3, -0.25) is 4.79 Å². The molecule has 2 aromatic carbocycles. The van der Waals surface area contributed by atoms with Crippen LogP contribution >= 0.6 is 11.6 Å². The van der Waals surface area contributed by atoms with E-state index in [-0.39, 0.29) is 39.3 Å². The smallest absolute Gasteiger partial charge is 0.255 e. The molecule has 0 heterocycles. The molecule has 3 N–H and O–H groups in total. The molecule has 0 aliphatic heterocycles. The van der Waals surface area contributed by atoms with Gasteiger partial charge in [-0.25, -0.2) is 17.2 Å². The highest BCUT2D eigenvalue weighted by Crippen LogP contribution is 2.38. The molecule has 0 bridgehead atoms. The Morgan fingerprint density at radius 3 is 2.38 bits per heavy atom. The molecular formula is C24H28ClF2NO5S. The van der Waals surface area contributed by atoms with Gasteiger partial charge in [-0.1, -0.05) is 11.6 Å². The molecule has 1 aliphatic rings. The number of hydrogen-bond acceptors (Lipinski definition) is 5. The van der Waals surface area contributed by atoms with Gasteiger partial charge < -0.3 is 15.5 Å². The summed E-state index contributed by atoms with van der Waals surface area (Å²) >= 11 is 6.15. The zero-order chi connectivity index (χ0) is 25.3. The predicted molar refractivity (Wildman–Crippen MR) is 126 cm³/mol. The first-order chi connectivity index (χ1) is 15.7. The van der Waals surface area contributed by atoms with Gasteiger partial charge in [0.05, 0.1) is 26.9 Å². The standard InChI is InChI=1S/C24H28ClF2NO5S/c1-23(2,30)14-24(31)9-7-15(8-10-24)13-34(32,33)21-11-16(3-5-18(21)25)22(29)28-17-4-6-19(26)20(27)12-17/h3-6,11-12,15,30-31H,7-10,13-14H2,1-2H3,(H,28,29)/t15-,24+. The van der Waals surface area contributed by atoms with Crippen molar-refractivity contribution in [3.63, 3.8) is 0 Å². The molecule has 0 radical (unpaired) electrons. The number of carbonyl (C=O) groups excluding carboxylic acids is 1. The lowest BCUT2D eigenvalue weighted by molar-refractivity contribution is -0.0721. The van der Waals surface area contributed by atoms with Crippen molar-refractivity contribution in [3.8, 4) is 0 Å². The summed E-state index contributed by atoms with van der Waals surface area (Å²) < 4.78 is 52.7. The maximum absolute atomic E-state index is 13.4. The van der Waals surface area contributed by atoms with Gasteiger partial charge in [0.25, 0.3) is 5.91 Å². The molecule has 1 amide bonds. The number of anilines is 1. The second-order valence-corrected chi connectivity index (χ2v) is 12.1. The summed E-state index contributed by atoms with van der Waals surface area (Å²) in [6.07, 6.45) is 1.91. The van der Waals surface area contributed by atoms with Gasteiger partial charge in [-0.2, -0.15) is 0 Å². The van der Waals surface area contributed by atoms with E-state index in [1.165, 1.54) is 24.3 Å². The fraction of sp³-hybridized carbons (Fsp3) is 0.458. The van der Waals surface area contributed by atoms with E-state index in [2.05, 4.69) is 5.32 Å². The SMILES string of the molecule is CC(C)(O)C[C@]1(O)CC[C@@H](CS(=O)(=O)c2cc(C(=O)Nc3ccc(F)c(F)c3)ccc2Cl)CC1. The third kappa shape index (κ3) is 6.75. The molecule has 6 nitrogen and oxygen atoms in total. The van der Waals surface area contributed by atoms with E-state index < -0.39 is 38.6 Å².